The second-order valence-corrected chi connectivity index (χ2v) is 7.51. The van der Waals surface area contributed by atoms with Crippen LogP contribution in [0.2, 0.25) is 0 Å². The van der Waals surface area contributed by atoms with Crippen LogP contribution in [0, 0.1) is 0 Å². The van der Waals surface area contributed by atoms with Crippen LogP contribution in [-0.4, -0.2) is 62.3 Å². The van der Waals surface area contributed by atoms with Crippen molar-refractivity contribution in [2.75, 3.05) is 36.5 Å². The first-order chi connectivity index (χ1) is 15.6. The molecule has 0 atom stereocenters. The van der Waals surface area contributed by atoms with Gasteiger partial charge in [-0.3, -0.25) is 4.68 Å². The maximum Gasteiger partial charge on any atom is 0.257 e. The molecule has 32 heavy (non-hydrogen) atoms. The lowest BCUT2D eigenvalue weighted by Gasteiger charge is -2.29. The largest absolute Gasteiger partial charge is 0.378 e. The van der Waals surface area contributed by atoms with Crippen molar-refractivity contribution < 1.29 is 13.5 Å². The highest BCUT2D eigenvalue weighted by atomic mass is 19.3. The fourth-order valence-electron chi connectivity index (χ4n) is 3.69. The maximum atomic E-state index is 12.5. The Labute approximate surface area is 182 Å². The van der Waals surface area contributed by atoms with Gasteiger partial charge in [-0.2, -0.15) is 15.2 Å². The van der Waals surface area contributed by atoms with Crippen molar-refractivity contribution in [2.45, 2.75) is 19.5 Å². The van der Waals surface area contributed by atoms with Crippen molar-refractivity contribution in [3.8, 4) is 0 Å². The van der Waals surface area contributed by atoms with Crippen molar-refractivity contribution in [3.63, 3.8) is 0 Å². The third kappa shape index (κ3) is 4.52. The van der Waals surface area contributed by atoms with E-state index in [1.54, 1.807) is 12.4 Å². The molecular weight excluding hydrogens is 418 g/mol. The lowest BCUT2D eigenvalue weighted by molar-refractivity contribution is 0.122. The molecule has 0 aliphatic carbocycles. The standard InChI is InChI=1S/C21H22F2N8O/c22-19(23)14-30-13-17(11-25-30)27-21-24-9-16-10-26-31(20(16)28-21)12-15-2-1-3-18(8-15)29-4-6-32-7-5-29/h1-3,8-11,13,19H,4-7,12,14H2,(H,24,27,28). The molecule has 0 amide bonds. The second-order valence-electron chi connectivity index (χ2n) is 7.51. The molecule has 4 aromatic rings. The molecule has 9 nitrogen and oxygen atoms in total. The molecule has 1 fully saturated rings. The molecule has 11 heteroatoms. The lowest BCUT2D eigenvalue weighted by atomic mass is 10.2. The van der Waals surface area contributed by atoms with Gasteiger partial charge in [-0.05, 0) is 17.7 Å². The van der Waals surface area contributed by atoms with Crippen molar-refractivity contribution >= 4 is 28.4 Å². The molecule has 4 heterocycles. The molecule has 0 radical (unpaired) electrons. The van der Waals surface area contributed by atoms with Gasteiger partial charge < -0.3 is 15.0 Å². The summed E-state index contributed by atoms with van der Waals surface area (Å²) < 4.78 is 33.5. The Morgan fingerprint density at radius 3 is 2.81 bits per heavy atom. The van der Waals surface area contributed by atoms with E-state index in [2.05, 4.69) is 48.6 Å². The van der Waals surface area contributed by atoms with E-state index in [4.69, 9.17) is 4.74 Å². The fourth-order valence-corrected chi connectivity index (χ4v) is 3.69. The summed E-state index contributed by atoms with van der Waals surface area (Å²) in [4.78, 5) is 11.2. The minimum absolute atomic E-state index is 0.345. The molecule has 0 bridgehead atoms. The normalized spacial score (nSPS) is 14.4. The average Bonchev–Trinajstić information content (AvgIpc) is 3.41. The van der Waals surface area contributed by atoms with Crippen LogP contribution in [0.5, 0.6) is 0 Å². The highest BCUT2D eigenvalue weighted by Gasteiger charge is 2.13. The fraction of sp³-hybridized carbons (Fsp3) is 0.333. The van der Waals surface area contributed by atoms with Gasteiger partial charge in [-0.1, -0.05) is 12.1 Å². The summed E-state index contributed by atoms with van der Waals surface area (Å²) in [7, 11) is 0. The molecule has 0 unspecified atom stereocenters. The number of anilines is 3. The van der Waals surface area contributed by atoms with Crippen LogP contribution in [-0.2, 0) is 17.8 Å². The van der Waals surface area contributed by atoms with E-state index >= 15 is 0 Å². The highest BCUT2D eigenvalue weighted by molar-refractivity contribution is 5.75. The SMILES string of the molecule is FC(F)Cn1cc(Nc2ncc3cnn(Cc4cccc(N5CCOCC5)c4)c3n2)cn1. The molecule has 166 valence electrons. The molecule has 1 aliphatic heterocycles. The van der Waals surface area contributed by atoms with Crippen LogP contribution in [0.3, 0.4) is 0 Å². The lowest BCUT2D eigenvalue weighted by Crippen LogP contribution is -2.36. The molecule has 1 aliphatic rings. The first kappa shape index (κ1) is 20.3. The number of alkyl halides is 2. The van der Waals surface area contributed by atoms with E-state index in [0.717, 1.165) is 37.3 Å². The van der Waals surface area contributed by atoms with Crippen molar-refractivity contribution in [3.05, 3.63) is 54.6 Å². The van der Waals surface area contributed by atoms with Crippen molar-refractivity contribution in [2.24, 2.45) is 0 Å². The maximum absolute atomic E-state index is 12.5. The van der Waals surface area contributed by atoms with E-state index in [1.807, 2.05) is 10.7 Å². The van der Waals surface area contributed by atoms with E-state index < -0.39 is 13.0 Å². The van der Waals surface area contributed by atoms with E-state index in [1.165, 1.54) is 22.8 Å². The van der Waals surface area contributed by atoms with E-state index in [0.29, 0.717) is 23.8 Å². The van der Waals surface area contributed by atoms with Crippen LogP contribution in [0.25, 0.3) is 11.0 Å². The summed E-state index contributed by atoms with van der Waals surface area (Å²) >= 11 is 0. The Morgan fingerprint density at radius 1 is 1.09 bits per heavy atom. The first-order valence-electron chi connectivity index (χ1n) is 10.3. The number of ether oxygens (including phenoxy) is 1. The summed E-state index contributed by atoms with van der Waals surface area (Å²) in [6.45, 7) is 3.33. The van der Waals surface area contributed by atoms with Crippen LogP contribution in [0.1, 0.15) is 5.56 Å². The van der Waals surface area contributed by atoms with Gasteiger partial charge in [0, 0.05) is 31.2 Å². The summed E-state index contributed by atoms with van der Waals surface area (Å²) in [6.07, 6.45) is 3.90. The number of rotatable bonds is 7. The number of hydrogen-bond acceptors (Lipinski definition) is 7. The number of morpholine rings is 1. The van der Waals surface area contributed by atoms with Crippen LogP contribution >= 0.6 is 0 Å². The van der Waals surface area contributed by atoms with Gasteiger partial charge in [-0.15, -0.1) is 0 Å². The Kier molecular flexibility index (Phi) is 5.63. The van der Waals surface area contributed by atoms with Gasteiger partial charge in [0.1, 0.15) is 6.54 Å². The molecule has 3 aromatic heterocycles. The number of nitrogens with zero attached hydrogens (tertiary/aromatic N) is 7. The number of benzene rings is 1. The molecule has 1 saturated heterocycles. The molecule has 0 spiro atoms. The van der Waals surface area contributed by atoms with Crippen molar-refractivity contribution in [1.29, 1.82) is 0 Å². The molecule has 1 N–H and O–H groups in total. The summed E-state index contributed by atoms with van der Waals surface area (Å²) in [5.74, 6) is 0.345. The van der Waals surface area contributed by atoms with E-state index in [9.17, 15) is 8.78 Å². The molecular formula is C21H22F2N8O. The number of aromatic nitrogens is 6. The van der Waals surface area contributed by atoms with Crippen LogP contribution < -0.4 is 10.2 Å². The minimum Gasteiger partial charge on any atom is -0.378 e. The zero-order valence-corrected chi connectivity index (χ0v) is 17.2. The average molecular weight is 440 g/mol. The third-order valence-electron chi connectivity index (χ3n) is 5.21. The van der Waals surface area contributed by atoms with E-state index in [-0.39, 0.29) is 0 Å². The third-order valence-corrected chi connectivity index (χ3v) is 5.21. The number of halogens is 2. The Balaban J connectivity index is 1.34. The molecule has 5 rings (SSSR count). The van der Waals surface area contributed by atoms with Gasteiger partial charge in [0.25, 0.3) is 6.43 Å². The highest BCUT2D eigenvalue weighted by Crippen LogP contribution is 2.20. The smallest absolute Gasteiger partial charge is 0.257 e. The number of hydrogen-bond donors (Lipinski definition) is 1. The monoisotopic (exact) mass is 440 g/mol. The Morgan fingerprint density at radius 2 is 1.97 bits per heavy atom. The zero-order valence-electron chi connectivity index (χ0n) is 17.2. The minimum atomic E-state index is -2.47. The predicted octanol–water partition coefficient (Wildman–Crippen LogP) is 2.92. The molecule has 1 aromatic carbocycles. The topological polar surface area (TPSA) is 85.9 Å². The second kappa shape index (κ2) is 8.87. The number of nitrogens with one attached hydrogen (secondary N) is 1. The summed E-state index contributed by atoms with van der Waals surface area (Å²) in [6, 6.07) is 8.38. The van der Waals surface area contributed by atoms with Gasteiger partial charge in [0.2, 0.25) is 5.95 Å². The zero-order chi connectivity index (χ0) is 21.9. The van der Waals surface area contributed by atoms with Crippen molar-refractivity contribution in [1.82, 2.24) is 29.5 Å². The predicted molar refractivity (Wildman–Crippen MR) is 115 cm³/mol. The van der Waals surface area contributed by atoms with Gasteiger partial charge in [0.05, 0.1) is 43.2 Å². The molecule has 0 saturated carbocycles. The number of fused-ring (bicyclic) bond motifs is 1. The summed E-state index contributed by atoms with van der Waals surface area (Å²) in [5.41, 5.74) is 3.49. The van der Waals surface area contributed by atoms with Gasteiger partial charge in [-0.25, -0.2) is 18.4 Å². The van der Waals surface area contributed by atoms with Gasteiger partial charge >= 0.3 is 0 Å². The quantitative estimate of drug-likeness (QED) is 0.473. The first-order valence-corrected chi connectivity index (χ1v) is 10.3. The summed E-state index contributed by atoms with van der Waals surface area (Å²) in [5, 5.41) is 12.2. The van der Waals surface area contributed by atoms with Crippen LogP contribution in [0.15, 0.2) is 49.1 Å². The Bertz CT molecular complexity index is 1200. The van der Waals surface area contributed by atoms with Crippen LogP contribution in [0.4, 0.5) is 26.1 Å². The van der Waals surface area contributed by atoms with Gasteiger partial charge in [0.15, 0.2) is 5.65 Å². The Hall–Kier alpha value is -3.60.